The Morgan fingerprint density at radius 1 is 1.06 bits per heavy atom. The number of nitrogen functional groups attached to an aromatic ring is 1. The van der Waals surface area contributed by atoms with E-state index in [4.69, 9.17) is 16.1 Å². The fourth-order valence-corrected chi connectivity index (χ4v) is 4.04. The third-order valence-electron chi connectivity index (χ3n) is 5.89. The molecule has 0 unspecified atom stereocenters. The Bertz CT molecular complexity index is 1340. The Kier molecular flexibility index (Phi) is 7.00. The summed E-state index contributed by atoms with van der Waals surface area (Å²) in [5, 5.41) is 6.92. The average molecular weight is 472 g/mol. The molecule has 10 heteroatoms. The zero-order valence-electron chi connectivity index (χ0n) is 20.1. The van der Waals surface area contributed by atoms with E-state index < -0.39 is 0 Å². The number of hydrogen-bond donors (Lipinski definition) is 2. The van der Waals surface area contributed by atoms with Crippen molar-refractivity contribution in [2.45, 2.75) is 13.8 Å². The first-order valence-electron chi connectivity index (χ1n) is 11.4. The Labute approximate surface area is 204 Å². The number of piperazine rings is 1. The fraction of sp³-hybridized carbons (Fsp3) is 0.280. The fourth-order valence-electron chi connectivity index (χ4n) is 4.04. The molecule has 0 bridgehead atoms. The highest BCUT2D eigenvalue weighted by atomic mass is 16.2. The minimum Gasteiger partial charge on any atom is -0.368 e. The minimum absolute atomic E-state index is 0.0924. The summed E-state index contributed by atoms with van der Waals surface area (Å²) in [5.41, 5.74) is 10.5. The topological polar surface area (TPSA) is 130 Å². The van der Waals surface area contributed by atoms with Crippen LogP contribution in [0.3, 0.4) is 0 Å². The van der Waals surface area contributed by atoms with Gasteiger partial charge < -0.3 is 25.5 Å². The van der Waals surface area contributed by atoms with Crippen molar-refractivity contribution in [1.82, 2.24) is 29.4 Å². The zero-order valence-corrected chi connectivity index (χ0v) is 20.1. The first kappa shape index (κ1) is 23.8. The molecule has 1 fully saturated rings. The molecule has 1 saturated heterocycles. The highest BCUT2D eigenvalue weighted by Gasteiger charge is 2.24. The number of carbonyl (C=O) groups excluding carboxylic acids is 1. The van der Waals surface area contributed by atoms with Crippen LogP contribution in [0.2, 0.25) is 0 Å². The van der Waals surface area contributed by atoms with Crippen molar-refractivity contribution in [3.63, 3.8) is 0 Å². The summed E-state index contributed by atoms with van der Waals surface area (Å²) in [4.78, 5) is 33.2. The summed E-state index contributed by atoms with van der Waals surface area (Å²) in [6, 6.07) is 11.7. The summed E-state index contributed by atoms with van der Waals surface area (Å²) in [6.45, 7) is 6.30. The van der Waals surface area contributed by atoms with Crippen molar-refractivity contribution in [2.75, 3.05) is 36.8 Å². The van der Waals surface area contributed by atoms with Gasteiger partial charge in [0, 0.05) is 64.3 Å². The van der Waals surface area contributed by atoms with Crippen LogP contribution in [0.5, 0.6) is 0 Å². The number of amides is 1. The number of carbonyl (C=O) groups is 1. The van der Waals surface area contributed by atoms with Crippen LogP contribution in [-0.4, -0.2) is 67.7 Å². The van der Waals surface area contributed by atoms with Gasteiger partial charge in [0.1, 0.15) is 5.82 Å². The summed E-state index contributed by atoms with van der Waals surface area (Å²) in [6.07, 6.45) is 4.82. The molecule has 3 aromatic heterocycles. The number of aryl methyl sites for hydroxylation is 2. The molecule has 35 heavy (non-hydrogen) atoms. The Balaban J connectivity index is 0.000000271. The second-order valence-electron chi connectivity index (χ2n) is 8.36. The number of rotatable bonds is 3. The smallest absolute Gasteiger partial charge is 0.224 e. The highest BCUT2D eigenvalue weighted by Crippen LogP contribution is 2.29. The van der Waals surface area contributed by atoms with E-state index in [9.17, 15) is 4.79 Å². The van der Waals surface area contributed by atoms with Gasteiger partial charge in [0.05, 0.1) is 0 Å². The Hall–Kier alpha value is -4.34. The lowest BCUT2D eigenvalue weighted by atomic mass is 10.2. The molecule has 5 rings (SSSR count). The van der Waals surface area contributed by atoms with Crippen LogP contribution in [0.4, 0.5) is 11.8 Å². The van der Waals surface area contributed by atoms with Crippen LogP contribution < -0.4 is 10.6 Å². The molecule has 3 N–H and O–H groups in total. The highest BCUT2D eigenvalue weighted by molar-refractivity contribution is 5.88. The van der Waals surface area contributed by atoms with Crippen LogP contribution in [-0.2, 0) is 11.8 Å². The maximum atomic E-state index is 11.6. The molecule has 1 aromatic carbocycles. The van der Waals surface area contributed by atoms with E-state index in [1.165, 1.54) is 11.8 Å². The molecule has 1 amide bonds. The first-order chi connectivity index (χ1) is 16.9. The van der Waals surface area contributed by atoms with Gasteiger partial charge in [-0.15, -0.1) is 0 Å². The van der Waals surface area contributed by atoms with Crippen LogP contribution in [0.1, 0.15) is 18.1 Å². The third-order valence-corrected chi connectivity index (χ3v) is 5.89. The molecule has 0 aliphatic carbocycles. The molecule has 0 radical (unpaired) electrons. The number of nitrogens with one attached hydrogen (secondary N) is 1. The number of aromatic nitrogens is 5. The Morgan fingerprint density at radius 2 is 1.77 bits per heavy atom. The summed E-state index contributed by atoms with van der Waals surface area (Å²) < 4.78 is 1.91. The van der Waals surface area contributed by atoms with Gasteiger partial charge in [-0.2, -0.15) is 9.97 Å². The van der Waals surface area contributed by atoms with E-state index in [2.05, 4.69) is 19.9 Å². The molecule has 4 heterocycles. The van der Waals surface area contributed by atoms with Gasteiger partial charge in [-0.3, -0.25) is 9.78 Å². The predicted molar refractivity (Wildman–Crippen MR) is 137 cm³/mol. The zero-order chi connectivity index (χ0) is 24.9. The van der Waals surface area contributed by atoms with E-state index in [-0.39, 0.29) is 11.9 Å². The van der Waals surface area contributed by atoms with Gasteiger partial charge in [0.15, 0.2) is 17.0 Å². The number of hydrogen-bond acceptors (Lipinski definition) is 8. The van der Waals surface area contributed by atoms with Gasteiger partial charge in [-0.05, 0) is 24.6 Å². The van der Waals surface area contributed by atoms with E-state index >= 15 is 0 Å². The summed E-state index contributed by atoms with van der Waals surface area (Å²) in [5.74, 6) is 1.80. The van der Waals surface area contributed by atoms with Gasteiger partial charge in [-0.1, -0.05) is 29.8 Å². The maximum absolute atomic E-state index is 11.6. The molecule has 1 aliphatic heterocycles. The predicted octanol–water partition coefficient (Wildman–Crippen LogP) is 2.67. The molecule has 0 atom stereocenters. The monoisotopic (exact) mass is 471 g/mol. The van der Waals surface area contributed by atoms with E-state index in [1.54, 1.807) is 19.3 Å². The third kappa shape index (κ3) is 5.26. The van der Waals surface area contributed by atoms with Gasteiger partial charge in [-0.25, -0.2) is 4.98 Å². The maximum Gasteiger partial charge on any atom is 0.224 e. The lowest BCUT2D eigenvalue weighted by Gasteiger charge is -2.34. The van der Waals surface area contributed by atoms with Crippen molar-refractivity contribution in [2.24, 2.45) is 7.05 Å². The molecule has 4 aromatic rings. The quantitative estimate of drug-likeness (QED) is 0.439. The van der Waals surface area contributed by atoms with E-state index in [0.717, 1.165) is 17.0 Å². The number of pyridine rings is 1. The van der Waals surface area contributed by atoms with E-state index in [0.29, 0.717) is 43.2 Å². The summed E-state index contributed by atoms with van der Waals surface area (Å²) in [7, 11) is 1.91. The standard InChI is InChI=1S/C17H20N8O.C8H9N/c1-11(26)24-7-9-25(10-8-24)16-13-15(21-17(18)22-16)23(2)14(20-13)12-3-5-19-6-4-12;1-7-3-2-4-8(5-7)6-9/h3-6H,7-10H2,1-2H3,(H2,18,21,22);2-6,9H,1H3. The molecule has 1 aliphatic rings. The molecule has 10 nitrogen and oxygen atoms in total. The normalized spacial score (nSPS) is 13.3. The first-order valence-corrected chi connectivity index (χ1v) is 11.4. The largest absolute Gasteiger partial charge is 0.368 e. The lowest BCUT2D eigenvalue weighted by molar-refractivity contribution is -0.129. The SMILES string of the molecule is CC(=O)N1CCN(c2nc(N)nc3c2nc(-c2ccncc2)n3C)CC1.Cc1cccc(C=N)c1. The van der Waals surface area contributed by atoms with Crippen molar-refractivity contribution >= 4 is 35.1 Å². The Morgan fingerprint density at radius 3 is 2.37 bits per heavy atom. The molecular weight excluding hydrogens is 442 g/mol. The second kappa shape index (κ2) is 10.3. The lowest BCUT2D eigenvalue weighted by Crippen LogP contribution is -2.48. The molecular formula is C25H29N9O. The van der Waals surface area contributed by atoms with Gasteiger partial charge >= 0.3 is 0 Å². The van der Waals surface area contributed by atoms with Crippen molar-refractivity contribution in [1.29, 1.82) is 5.41 Å². The van der Waals surface area contributed by atoms with Gasteiger partial charge in [0.2, 0.25) is 11.9 Å². The van der Waals surface area contributed by atoms with E-state index in [1.807, 2.05) is 59.8 Å². The van der Waals surface area contributed by atoms with Gasteiger partial charge in [0.25, 0.3) is 0 Å². The number of imidazole rings is 1. The van der Waals surface area contributed by atoms with Crippen LogP contribution in [0.25, 0.3) is 22.6 Å². The number of benzene rings is 1. The molecule has 180 valence electrons. The number of anilines is 2. The summed E-state index contributed by atoms with van der Waals surface area (Å²) >= 11 is 0. The number of nitrogens with two attached hydrogens (primary N) is 1. The second-order valence-corrected chi connectivity index (χ2v) is 8.36. The van der Waals surface area contributed by atoms with Crippen molar-refractivity contribution < 1.29 is 4.79 Å². The average Bonchev–Trinajstić information content (AvgIpc) is 3.20. The van der Waals surface area contributed by atoms with Crippen LogP contribution in [0.15, 0.2) is 48.8 Å². The van der Waals surface area contributed by atoms with Crippen LogP contribution in [0, 0.1) is 12.3 Å². The van der Waals surface area contributed by atoms with Crippen molar-refractivity contribution in [3.8, 4) is 11.4 Å². The number of fused-ring (bicyclic) bond motifs is 1. The molecule has 0 saturated carbocycles. The van der Waals surface area contributed by atoms with Crippen molar-refractivity contribution in [3.05, 3.63) is 59.9 Å². The van der Waals surface area contributed by atoms with Crippen LogP contribution >= 0.6 is 0 Å². The number of nitrogens with zero attached hydrogens (tertiary/aromatic N) is 7. The minimum atomic E-state index is 0.0924. The molecule has 0 spiro atoms.